The van der Waals surface area contributed by atoms with Crippen LogP contribution in [0, 0.1) is 6.92 Å². The monoisotopic (exact) mass is 288 g/mol. The highest BCUT2D eigenvalue weighted by Crippen LogP contribution is 2.22. The number of aromatic amines is 1. The lowest BCUT2D eigenvalue weighted by atomic mass is 10.2. The molecule has 0 saturated carbocycles. The number of benzene rings is 1. The Morgan fingerprint density at radius 2 is 2.14 bits per heavy atom. The molecule has 1 heterocycles. The molecule has 0 spiro atoms. The average molecular weight is 288 g/mol. The number of aromatic nitrogens is 2. The van der Waals surface area contributed by atoms with Gasteiger partial charge in [0, 0.05) is 17.3 Å². The summed E-state index contributed by atoms with van der Waals surface area (Å²) < 4.78 is 10.3. The van der Waals surface area contributed by atoms with Gasteiger partial charge in [-0.25, -0.2) is 5.43 Å². The predicted molar refractivity (Wildman–Crippen MR) is 77.9 cm³/mol. The summed E-state index contributed by atoms with van der Waals surface area (Å²) >= 11 is 0. The topological polar surface area (TPSA) is 88.6 Å². The maximum Gasteiger partial charge on any atom is 0.291 e. The second-order valence-corrected chi connectivity index (χ2v) is 4.24. The van der Waals surface area contributed by atoms with Crippen LogP contribution < -0.4 is 14.9 Å². The van der Waals surface area contributed by atoms with Crippen LogP contribution in [0.1, 0.15) is 21.7 Å². The number of nitrogens with zero attached hydrogens (tertiary/aromatic N) is 2. The van der Waals surface area contributed by atoms with Gasteiger partial charge in [-0.05, 0) is 25.1 Å². The summed E-state index contributed by atoms with van der Waals surface area (Å²) in [6.45, 7) is 1.81. The summed E-state index contributed by atoms with van der Waals surface area (Å²) in [5.74, 6) is 0.895. The van der Waals surface area contributed by atoms with Crippen LogP contribution in [0.3, 0.4) is 0 Å². The molecule has 21 heavy (non-hydrogen) atoms. The zero-order chi connectivity index (χ0) is 15.2. The minimum absolute atomic E-state index is 0.284. The van der Waals surface area contributed by atoms with E-state index in [2.05, 4.69) is 20.7 Å². The Kier molecular flexibility index (Phi) is 4.55. The van der Waals surface area contributed by atoms with Crippen LogP contribution >= 0.6 is 0 Å². The first-order valence-electron chi connectivity index (χ1n) is 6.21. The van der Waals surface area contributed by atoms with E-state index in [0.29, 0.717) is 11.5 Å². The standard InChI is InChI=1S/C14H16N4O3/c1-9-6-12(17-16-9)14(19)18-15-8-10-4-5-11(20-2)7-13(10)21-3/h4-8H,1-3H3,(H,16,17)(H,18,19)/b15-8-. The van der Waals surface area contributed by atoms with Gasteiger partial charge in [0.25, 0.3) is 5.91 Å². The van der Waals surface area contributed by atoms with Gasteiger partial charge in [-0.2, -0.15) is 10.2 Å². The van der Waals surface area contributed by atoms with E-state index in [9.17, 15) is 4.79 Å². The van der Waals surface area contributed by atoms with Gasteiger partial charge in [0.15, 0.2) is 5.69 Å². The van der Waals surface area contributed by atoms with E-state index in [-0.39, 0.29) is 11.6 Å². The number of hydrazone groups is 1. The first-order chi connectivity index (χ1) is 10.1. The number of ether oxygens (including phenoxy) is 2. The Balaban J connectivity index is 2.06. The van der Waals surface area contributed by atoms with Crippen LogP contribution in [-0.2, 0) is 0 Å². The van der Waals surface area contributed by atoms with Gasteiger partial charge < -0.3 is 9.47 Å². The first kappa shape index (κ1) is 14.6. The zero-order valence-corrected chi connectivity index (χ0v) is 12.0. The normalized spacial score (nSPS) is 10.6. The van der Waals surface area contributed by atoms with Gasteiger partial charge in [0.2, 0.25) is 0 Å². The third-order valence-electron chi connectivity index (χ3n) is 2.75. The van der Waals surface area contributed by atoms with Crippen molar-refractivity contribution in [2.45, 2.75) is 6.92 Å². The molecule has 1 amide bonds. The molecule has 0 aliphatic rings. The number of hydrogen-bond donors (Lipinski definition) is 2. The number of hydrogen-bond acceptors (Lipinski definition) is 5. The Bertz CT molecular complexity index is 664. The van der Waals surface area contributed by atoms with Crippen LogP contribution in [0.25, 0.3) is 0 Å². The summed E-state index contributed by atoms with van der Waals surface area (Å²) in [6, 6.07) is 6.94. The summed E-state index contributed by atoms with van der Waals surface area (Å²) in [6.07, 6.45) is 1.50. The quantitative estimate of drug-likeness (QED) is 0.644. The van der Waals surface area contributed by atoms with Crippen molar-refractivity contribution >= 4 is 12.1 Å². The number of aryl methyl sites for hydroxylation is 1. The average Bonchev–Trinajstić information content (AvgIpc) is 2.94. The Morgan fingerprint density at radius 1 is 1.33 bits per heavy atom. The lowest BCUT2D eigenvalue weighted by Gasteiger charge is -2.06. The van der Waals surface area contributed by atoms with Crippen LogP contribution in [0.4, 0.5) is 0 Å². The van der Waals surface area contributed by atoms with Gasteiger partial charge in [-0.3, -0.25) is 9.89 Å². The van der Waals surface area contributed by atoms with E-state index in [4.69, 9.17) is 9.47 Å². The molecule has 0 aliphatic carbocycles. The molecule has 7 nitrogen and oxygen atoms in total. The number of amides is 1. The lowest BCUT2D eigenvalue weighted by Crippen LogP contribution is -2.18. The predicted octanol–water partition coefficient (Wildman–Crippen LogP) is 1.50. The summed E-state index contributed by atoms with van der Waals surface area (Å²) in [5, 5.41) is 10.4. The van der Waals surface area contributed by atoms with Crippen molar-refractivity contribution in [1.29, 1.82) is 0 Å². The second kappa shape index (κ2) is 6.56. The van der Waals surface area contributed by atoms with Crippen LogP contribution in [-0.4, -0.2) is 36.5 Å². The van der Waals surface area contributed by atoms with Crippen molar-refractivity contribution in [3.8, 4) is 11.5 Å². The van der Waals surface area contributed by atoms with E-state index in [1.807, 2.05) is 6.92 Å². The van der Waals surface area contributed by atoms with Gasteiger partial charge in [0.1, 0.15) is 11.5 Å². The number of rotatable bonds is 5. The fourth-order valence-electron chi connectivity index (χ4n) is 1.68. The largest absolute Gasteiger partial charge is 0.497 e. The molecule has 2 N–H and O–H groups in total. The van der Waals surface area contributed by atoms with Crippen molar-refractivity contribution in [3.05, 3.63) is 41.2 Å². The molecule has 1 aromatic heterocycles. The fourth-order valence-corrected chi connectivity index (χ4v) is 1.68. The van der Waals surface area contributed by atoms with E-state index in [0.717, 1.165) is 11.3 Å². The van der Waals surface area contributed by atoms with Crippen molar-refractivity contribution < 1.29 is 14.3 Å². The van der Waals surface area contributed by atoms with Crippen LogP contribution in [0.15, 0.2) is 29.4 Å². The maximum absolute atomic E-state index is 11.7. The fraction of sp³-hybridized carbons (Fsp3) is 0.214. The second-order valence-electron chi connectivity index (χ2n) is 4.24. The number of H-pyrrole nitrogens is 1. The molecule has 0 bridgehead atoms. The van der Waals surface area contributed by atoms with Gasteiger partial charge in [-0.1, -0.05) is 0 Å². The molecule has 0 radical (unpaired) electrons. The van der Waals surface area contributed by atoms with Crippen molar-refractivity contribution in [3.63, 3.8) is 0 Å². The highest BCUT2D eigenvalue weighted by Gasteiger charge is 2.08. The summed E-state index contributed by atoms with van der Waals surface area (Å²) in [4.78, 5) is 11.7. The third kappa shape index (κ3) is 3.59. The lowest BCUT2D eigenvalue weighted by molar-refractivity contribution is 0.0950. The number of carbonyl (C=O) groups excluding carboxylic acids is 1. The number of nitrogens with one attached hydrogen (secondary N) is 2. The SMILES string of the molecule is COc1ccc(/C=N\NC(=O)c2cc(C)[nH]n2)c(OC)c1. The summed E-state index contributed by atoms with van der Waals surface area (Å²) in [7, 11) is 3.13. The van der Waals surface area contributed by atoms with Gasteiger partial charge in [-0.15, -0.1) is 0 Å². The van der Waals surface area contributed by atoms with E-state index >= 15 is 0 Å². The van der Waals surface area contributed by atoms with E-state index in [1.165, 1.54) is 6.21 Å². The van der Waals surface area contributed by atoms with E-state index < -0.39 is 0 Å². The molecule has 0 saturated heterocycles. The van der Waals surface area contributed by atoms with Crippen LogP contribution in [0.2, 0.25) is 0 Å². The first-order valence-corrected chi connectivity index (χ1v) is 6.21. The minimum atomic E-state index is -0.386. The Labute approximate surface area is 122 Å². The van der Waals surface area contributed by atoms with E-state index in [1.54, 1.807) is 38.5 Å². The number of carbonyl (C=O) groups is 1. The highest BCUT2D eigenvalue weighted by atomic mass is 16.5. The smallest absolute Gasteiger partial charge is 0.291 e. The molecule has 2 rings (SSSR count). The molecule has 0 fully saturated rings. The third-order valence-corrected chi connectivity index (χ3v) is 2.75. The maximum atomic E-state index is 11.7. The number of methoxy groups -OCH3 is 2. The molecule has 110 valence electrons. The van der Waals surface area contributed by atoms with Gasteiger partial charge in [0.05, 0.1) is 20.4 Å². The Morgan fingerprint density at radius 3 is 2.76 bits per heavy atom. The zero-order valence-electron chi connectivity index (χ0n) is 12.0. The molecular formula is C14H16N4O3. The molecule has 0 unspecified atom stereocenters. The van der Waals surface area contributed by atoms with Crippen molar-refractivity contribution in [2.75, 3.05) is 14.2 Å². The highest BCUT2D eigenvalue weighted by molar-refractivity contribution is 5.93. The molecule has 7 heteroatoms. The molecule has 0 aliphatic heterocycles. The van der Waals surface area contributed by atoms with Gasteiger partial charge >= 0.3 is 0 Å². The molecule has 2 aromatic rings. The van der Waals surface area contributed by atoms with Crippen LogP contribution in [0.5, 0.6) is 11.5 Å². The Hall–Kier alpha value is -2.83. The molecule has 1 aromatic carbocycles. The van der Waals surface area contributed by atoms with Crippen molar-refractivity contribution in [2.24, 2.45) is 5.10 Å². The molecular weight excluding hydrogens is 272 g/mol. The molecule has 0 atom stereocenters. The summed E-state index contributed by atoms with van der Waals surface area (Å²) in [5.41, 5.74) is 4.21. The minimum Gasteiger partial charge on any atom is -0.497 e. The van der Waals surface area contributed by atoms with Crippen molar-refractivity contribution in [1.82, 2.24) is 15.6 Å².